The molecule has 0 saturated heterocycles. The van der Waals surface area contributed by atoms with Gasteiger partial charge in [-0.05, 0) is 18.2 Å². The number of para-hydroxylation sites is 1. The van der Waals surface area contributed by atoms with Crippen LogP contribution in [-0.4, -0.2) is 14.5 Å². The van der Waals surface area contributed by atoms with Crippen molar-refractivity contribution in [3.05, 3.63) is 53.6 Å². The third kappa shape index (κ3) is 1.76. The Balaban J connectivity index is 2.37. The third-order valence-electron chi connectivity index (χ3n) is 2.74. The van der Waals surface area contributed by atoms with Crippen molar-refractivity contribution >= 4 is 34.2 Å². The van der Waals surface area contributed by atoms with Crippen LogP contribution in [0.3, 0.4) is 0 Å². The smallest absolute Gasteiger partial charge is 0.129 e. The van der Waals surface area contributed by atoms with Crippen molar-refractivity contribution in [3.8, 4) is 5.69 Å². The van der Waals surface area contributed by atoms with Crippen LogP contribution in [0.1, 0.15) is 5.82 Å². The molecule has 0 saturated carbocycles. The van der Waals surface area contributed by atoms with E-state index in [1.807, 2.05) is 34.9 Å². The Labute approximate surface area is 114 Å². The van der Waals surface area contributed by atoms with E-state index in [1.165, 1.54) is 0 Å². The summed E-state index contributed by atoms with van der Waals surface area (Å²) in [6.07, 6.45) is 3.45. The molecule has 0 aliphatic rings. The number of hydrogen-bond acceptors (Lipinski definition) is 2. The first-order valence-corrected chi connectivity index (χ1v) is 6.34. The van der Waals surface area contributed by atoms with Gasteiger partial charge in [0.25, 0.3) is 0 Å². The molecule has 3 rings (SSSR count). The van der Waals surface area contributed by atoms with E-state index in [-0.39, 0.29) is 0 Å². The van der Waals surface area contributed by atoms with E-state index in [1.54, 1.807) is 12.4 Å². The Morgan fingerprint density at radius 2 is 2.00 bits per heavy atom. The molecule has 0 spiro atoms. The number of halogens is 2. The highest BCUT2D eigenvalue weighted by atomic mass is 35.5. The lowest BCUT2D eigenvalue weighted by Gasteiger charge is -2.09. The topological polar surface area (TPSA) is 30.7 Å². The number of nitrogens with zero attached hydrogens (tertiary/aromatic N) is 3. The van der Waals surface area contributed by atoms with Crippen LogP contribution < -0.4 is 0 Å². The van der Waals surface area contributed by atoms with Crippen molar-refractivity contribution in [2.24, 2.45) is 0 Å². The maximum Gasteiger partial charge on any atom is 0.129 e. The first-order chi connectivity index (χ1) is 8.81. The average molecular weight is 278 g/mol. The third-order valence-corrected chi connectivity index (χ3v) is 3.30. The summed E-state index contributed by atoms with van der Waals surface area (Å²) in [4.78, 5) is 8.52. The van der Waals surface area contributed by atoms with Gasteiger partial charge in [-0.1, -0.05) is 23.7 Å². The van der Waals surface area contributed by atoms with Crippen LogP contribution in [0.5, 0.6) is 0 Å². The van der Waals surface area contributed by atoms with Crippen LogP contribution in [0.2, 0.25) is 5.02 Å². The molecule has 90 valence electrons. The molecule has 2 heterocycles. The van der Waals surface area contributed by atoms with E-state index >= 15 is 0 Å². The number of alkyl halides is 1. The fraction of sp³-hybridized carbons (Fsp3) is 0.0769. The minimum Gasteiger partial charge on any atom is -0.294 e. The van der Waals surface area contributed by atoms with E-state index in [9.17, 15) is 0 Å². The summed E-state index contributed by atoms with van der Waals surface area (Å²) in [5.74, 6) is 1.08. The van der Waals surface area contributed by atoms with Crippen LogP contribution in [0, 0.1) is 0 Å². The van der Waals surface area contributed by atoms with Gasteiger partial charge in [0.1, 0.15) is 11.3 Å². The number of fused-ring (bicyclic) bond motifs is 1. The molecular formula is C13H9Cl2N3. The van der Waals surface area contributed by atoms with Crippen molar-refractivity contribution in [3.63, 3.8) is 0 Å². The van der Waals surface area contributed by atoms with Crippen LogP contribution in [0.4, 0.5) is 0 Å². The molecule has 0 N–H and O–H groups in total. The van der Waals surface area contributed by atoms with Gasteiger partial charge >= 0.3 is 0 Å². The highest BCUT2D eigenvalue weighted by molar-refractivity contribution is 6.32. The molecular weight excluding hydrogens is 269 g/mol. The van der Waals surface area contributed by atoms with Crippen molar-refractivity contribution < 1.29 is 0 Å². The zero-order chi connectivity index (χ0) is 12.5. The van der Waals surface area contributed by atoms with Gasteiger partial charge in [-0.25, -0.2) is 4.98 Å². The highest BCUT2D eigenvalue weighted by Gasteiger charge is 2.13. The molecule has 2 aromatic heterocycles. The van der Waals surface area contributed by atoms with Crippen LogP contribution in [-0.2, 0) is 5.88 Å². The monoisotopic (exact) mass is 277 g/mol. The molecule has 3 nitrogen and oxygen atoms in total. The van der Waals surface area contributed by atoms with Gasteiger partial charge in [0.15, 0.2) is 0 Å². The summed E-state index contributed by atoms with van der Waals surface area (Å²) in [7, 11) is 0. The Morgan fingerprint density at radius 1 is 1.17 bits per heavy atom. The molecule has 0 aliphatic carbocycles. The lowest BCUT2D eigenvalue weighted by Crippen LogP contribution is -1.99. The van der Waals surface area contributed by atoms with Gasteiger partial charge < -0.3 is 0 Å². The molecule has 0 radical (unpaired) electrons. The van der Waals surface area contributed by atoms with E-state index in [4.69, 9.17) is 23.2 Å². The summed E-state index contributed by atoms with van der Waals surface area (Å²) >= 11 is 12.2. The molecule has 0 atom stereocenters. The molecule has 1 aromatic carbocycles. The predicted octanol–water partition coefficient (Wildman–Crippen LogP) is 3.81. The predicted molar refractivity (Wildman–Crippen MR) is 73.4 cm³/mol. The lowest BCUT2D eigenvalue weighted by atomic mass is 10.3. The largest absolute Gasteiger partial charge is 0.294 e. The Kier molecular flexibility index (Phi) is 2.94. The number of pyridine rings is 1. The molecule has 0 bridgehead atoms. The van der Waals surface area contributed by atoms with Gasteiger partial charge in [-0.2, -0.15) is 0 Å². The van der Waals surface area contributed by atoms with E-state index in [0.29, 0.717) is 10.9 Å². The summed E-state index contributed by atoms with van der Waals surface area (Å²) in [5.41, 5.74) is 2.64. The molecule has 18 heavy (non-hydrogen) atoms. The highest BCUT2D eigenvalue weighted by Crippen LogP contribution is 2.26. The zero-order valence-electron chi connectivity index (χ0n) is 9.35. The van der Waals surface area contributed by atoms with Crippen molar-refractivity contribution in [1.29, 1.82) is 0 Å². The molecule has 3 aromatic rings. The van der Waals surface area contributed by atoms with E-state index in [0.717, 1.165) is 22.5 Å². The van der Waals surface area contributed by atoms with E-state index < -0.39 is 0 Å². The Hall–Kier alpha value is -1.58. The summed E-state index contributed by atoms with van der Waals surface area (Å²) < 4.78 is 1.96. The van der Waals surface area contributed by atoms with Crippen LogP contribution in [0.25, 0.3) is 16.7 Å². The number of rotatable bonds is 2. The maximum atomic E-state index is 6.24. The fourth-order valence-corrected chi connectivity index (χ4v) is 2.37. The van der Waals surface area contributed by atoms with Crippen LogP contribution in [0.15, 0.2) is 42.7 Å². The lowest BCUT2D eigenvalue weighted by molar-refractivity contribution is 0.982. The number of benzene rings is 1. The molecule has 0 unspecified atom stereocenters. The summed E-state index contributed by atoms with van der Waals surface area (Å²) in [6.45, 7) is 0. The van der Waals surface area contributed by atoms with E-state index in [2.05, 4.69) is 9.97 Å². The first kappa shape index (κ1) is 11.5. The SMILES string of the molecule is ClCc1nc2cnccc2n1-c1ccccc1Cl. The second-order valence-electron chi connectivity index (χ2n) is 3.81. The van der Waals surface area contributed by atoms with Crippen LogP contribution >= 0.6 is 23.2 Å². The summed E-state index contributed by atoms with van der Waals surface area (Å²) in [6, 6.07) is 9.53. The quantitative estimate of drug-likeness (QED) is 0.667. The Morgan fingerprint density at radius 3 is 2.78 bits per heavy atom. The van der Waals surface area contributed by atoms with Gasteiger partial charge in [0.05, 0.1) is 28.3 Å². The number of aromatic nitrogens is 3. The maximum absolute atomic E-state index is 6.24. The fourth-order valence-electron chi connectivity index (χ4n) is 1.97. The van der Waals surface area contributed by atoms with Gasteiger partial charge in [0, 0.05) is 6.20 Å². The molecule has 5 heteroatoms. The molecule has 0 aliphatic heterocycles. The van der Waals surface area contributed by atoms with Crippen molar-refractivity contribution in [2.75, 3.05) is 0 Å². The minimum atomic E-state index is 0.319. The second kappa shape index (κ2) is 4.59. The normalized spacial score (nSPS) is 11.0. The minimum absolute atomic E-state index is 0.319. The molecule has 0 amide bonds. The zero-order valence-corrected chi connectivity index (χ0v) is 10.9. The second-order valence-corrected chi connectivity index (χ2v) is 4.49. The number of hydrogen-bond donors (Lipinski definition) is 0. The van der Waals surface area contributed by atoms with Crippen molar-refractivity contribution in [1.82, 2.24) is 14.5 Å². The molecule has 0 fully saturated rings. The average Bonchev–Trinajstić information content (AvgIpc) is 2.78. The van der Waals surface area contributed by atoms with Gasteiger partial charge in [-0.15, -0.1) is 11.6 Å². The number of imidazole rings is 1. The Bertz CT molecular complexity index is 706. The summed E-state index contributed by atoms with van der Waals surface area (Å²) in [5, 5.41) is 0.667. The first-order valence-electron chi connectivity index (χ1n) is 5.43. The standard InChI is InChI=1S/C13H9Cl2N3/c14-7-13-17-10-8-16-6-5-12(10)18(13)11-4-2-1-3-9(11)15/h1-6,8H,7H2. The van der Waals surface area contributed by atoms with Crippen molar-refractivity contribution in [2.45, 2.75) is 5.88 Å². The van der Waals surface area contributed by atoms with Gasteiger partial charge in [-0.3, -0.25) is 9.55 Å². The van der Waals surface area contributed by atoms with Gasteiger partial charge in [0.2, 0.25) is 0 Å².